The minimum absolute atomic E-state index is 0.149. The highest BCUT2D eigenvalue weighted by atomic mass is 35.5. The van der Waals surface area contributed by atoms with Crippen LogP contribution in [0.1, 0.15) is 36.6 Å². The van der Waals surface area contributed by atoms with Gasteiger partial charge in [0.2, 0.25) is 0 Å². The molecule has 7 heteroatoms. The molecule has 0 spiro atoms. The van der Waals surface area contributed by atoms with E-state index in [0.29, 0.717) is 11.6 Å². The fourth-order valence-electron chi connectivity index (χ4n) is 3.32. The number of aryl methyl sites for hydroxylation is 1. The van der Waals surface area contributed by atoms with Crippen molar-refractivity contribution < 1.29 is 9.53 Å². The van der Waals surface area contributed by atoms with Crippen LogP contribution in [-0.4, -0.2) is 29.3 Å². The lowest BCUT2D eigenvalue weighted by atomic mass is 10.0. The third-order valence-electron chi connectivity index (χ3n) is 4.39. The van der Waals surface area contributed by atoms with E-state index in [2.05, 4.69) is 15.6 Å². The number of carbonyl (C=O) groups is 1. The van der Waals surface area contributed by atoms with Gasteiger partial charge in [-0.05, 0) is 45.7 Å². The number of urea groups is 1. The van der Waals surface area contributed by atoms with Gasteiger partial charge in [0.25, 0.3) is 0 Å². The van der Waals surface area contributed by atoms with Gasteiger partial charge in [-0.2, -0.15) is 0 Å². The van der Waals surface area contributed by atoms with Gasteiger partial charge in [0, 0.05) is 21.5 Å². The van der Waals surface area contributed by atoms with Crippen LogP contribution in [0.25, 0.3) is 11.3 Å². The Morgan fingerprint density at radius 2 is 1.92 bits per heavy atom. The topological polar surface area (TPSA) is 63.2 Å². The summed E-state index contributed by atoms with van der Waals surface area (Å²) in [4.78, 5) is 18.0. The molecule has 0 bridgehead atoms. The number of halogens is 1. The van der Waals surface area contributed by atoms with E-state index in [4.69, 9.17) is 16.3 Å². The van der Waals surface area contributed by atoms with Crippen molar-refractivity contribution in [3.05, 3.63) is 39.2 Å². The predicted molar refractivity (Wildman–Crippen MR) is 106 cm³/mol. The number of aromatic nitrogens is 1. The molecule has 0 radical (unpaired) electrons. The van der Waals surface area contributed by atoms with Gasteiger partial charge < -0.3 is 15.4 Å². The SMILES string of the molecule is Cc1sc(CNC(=O)NC2CC(C)OC(C)C2)nc1-c1ccc(Cl)cc1. The van der Waals surface area contributed by atoms with E-state index in [1.54, 1.807) is 11.3 Å². The molecule has 1 aromatic heterocycles. The fourth-order valence-corrected chi connectivity index (χ4v) is 4.34. The molecule has 2 heterocycles. The molecule has 5 nitrogen and oxygen atoms in total. The Morgan fingerprint density at radius 3 is 2.58 bits per heavy atom. The number of rotatable bonds is 4. The molecular formula is C19H24ClN3O2S. The third-order valence-corrected chi connectivity index (χ3v) is 5.61. The molecule has 0 aliphatic carbocycles. The highest BCUT2D eigenvalue weighted by Crippen LogP contribution is 2.28. The smallest absolute Gasteiger partial charge is 0.315 e. The van der Waals surface area contributed by atoms with Crippen LogP contribution < -0.4 is 10.6 Å². The minimum Gasteiger partial charge on any atom is -0.375 e. The largest absolute Gasteiger partial charge is 0.375 e. The number of hydrogen-bond donors (Lipinski definition) is 2. The van der Waals surface area contributed by atoms with E-state index < -0.39 is 0 Å². The van der Waals surface area contributed by atoms with Crippen LogP contribution in [-0.2, 0) is 11.3 Å². The summed E-state index contributed by atoms with van der Waals surface area (Å²) in [5.74, 6) is 0. The van der Waals surface area contributed by atoms with Crippen LogP contribution in [0.15, 0.2) is 24.3 Å². The standard InChI is InChI=1S/C19H24ClN3O2S/c1-11-8-16(9-12(2)25-11)22-19(24)21-10-17-23-18(13(3)26-17)14-4-6-15(20)7-5-14/h4-7,11-12,16H,8-10H2,1-3H3,(H2,21,22,24). The molecule has 2 atom stereocenters. The first kappa shape index (κ1) is 19.1. The molecule has 140 valence electrons. The first-order valence-corrected chi connectivity index (χ1v) is 10.0. The monoisotopic (exact) mass is 393 g/mol. The average molecular weight is 394 g/mol. The quantitative estimate of drug-likeness (QED) is 0.802. The van der Waals surface area contributed by atoms with Crippen LogP contribution >= 0.6 is 22.9 Å². The van der Waals surface area contributed by atoms with Gasteiger partial charge >= 0.3 is 6.03 Å². The van der Waals surface area contributed by atoms with Gasteiger partial charge in [0.15, 0.2) is 0 Å². The molecular weight excluding hydrogens is 370 g/mol. The van der Waals surface area contributed by atoms with Crippen molar-refractivity contribution in [2.75, 3.05) is 0 Å². The Morgan fingerprint density at radius 1 is 1.27 bits per heavy atom. The van der Waals surface area contributed by atoms with Crippen molar-refractivity contribution in [1.29, 1.82) is 0 Å². The number of amides is 2. The molecule has 26 heavy (non-hydrogen) atoms. The van der Waals surface area contributed by atoms with E-state index in [1.165, 1.54) is 0 Å². The second-order valence-corrected chi connectivity index (χ2v) is 8.50. The minimum atomic E-state index is -0.155. The lowest BCUT2D eigenvalue weighted by Crippen LogP contribution is -2.47. The van der Waals surface area contributed by atoms with Crippen molar-refractivity contribution in [3.8, 4) is 11.3 Å². The summed E-state index contributed by atoms with van der Waals surface area (Å²) < 4.78 is 5.70. The van der Waals surface area contributed by atoms with Gasteiger partial charge in [-0.3, -0.25) is 0 Å². The van der Waals surface area contributed by atoms with Crippen molar-refractivity contribution in [2.24, 2.45) is 0 Å². The first-order valence-electron chi connectivity index (χ1n) is 8.82. The van der Waals surface area contributed by atoms with Crippen LogP contribution in [0, 0.1) is 6.92 Å². The molecule has 1 fully saturated rings. The number of thiazole rings is 1. The van der Waals surface area contributed by atoms with Gasteiger partial charge in [-0.1, -0.05) is 23.7 Å². The molecule has 1 saturated heterocycles. The van der Waals surface area contributed by atoms with Crippen molar-refractivity contribution >= 4 is 29.0 Å². The number of carbonyl (C=O) groups excluding carboxylic acids is 1. The van der Waals surface area contributed by atoms with E-state index in [9.17, 15) is 4.79 Å². The average Bonchev–Trinajstić information content (AvgIpc) is 2.94. The number of hydrogen-bond acceptors (Lipinski definition) is 4. The van der Waals surface area contributed by atoms with Gasteiger partial charge in [0.05, 0.1) is 24.4 Å². The zero-order chi connectivity index (χ0) is 18.7. The maximum atomic E-state index is 12.2. The molecule has 2 aromatic rings. The maximum absolute atomic E-state index is 12.2. The van der Waals surface area contributed by atoms with Crippen molar-refractivity contribution in [1.82, 2.24) is 15.6 Å². The van der Waals surface area contributed by atoms with E-state index in [0.717, 1.165) is 34.0 Å². The number of benzene rings is 1. The molecule has 3 rings (SSSR count). The molecule has 2 unspecified atom stereocenters. The second kappa shape index (κ2) is 8.37. The Balaban J connectivity index is 1.55. The number of nitrogens with zero attached hydrogens (tertiary/aromatic N) is 1. The van der Waals surface area contributed by atoms with E-state index in [1.807, 2.05) is 45.0 Å². The highest BCUT2D eigenvalue weighted by molar-refractivity contribution is 7.12. The van der Waals surface area contributed by atoms with E-state index in [-0.39, 0.29) is 24.3 Å². The Hall–Kier alpha value is -1.63. The number of nitrogens with one attached hydrogen (secondary N) is 2. The summed E-state index contributed by atoms with van der Waals surface area (Å²) in [5, 5.41) is 7.55. The predicted octanol–water partition coefficient (Wildman–Crippen LogP) is 4.53. The van der Waals surface area contributed by atoms with Crippen molar-refractivity contribution in [3.63, 3.8) is 0 Å². The Bertz CT molecular complexity index is 753. The Kier molecular flexibility index (Phi) is 6.16. The van der Waals surface area contributed by atoms with Crippen molar-refractivity contribution in [2.45, 2.75) is 58.4 Å². The third kappa shape index (κ3) is 4.96. The van der Waals surface area contributed by atoms with Crippen LogP contribution in [0.2, 0.25) is 5.02 Å². The zero-order valence-corrected chi connectivity index (χ0v) is 16.8. The normalized spacial score (nSPS) is 22.8. The molecule has 1 aliphatic heterocycles. The Labute approximate surface area is 163 Å². The molecule has 2 amide bonds. The zero-order valence-electron chi connectivity index (χ0n) is 15.2. The lowest BCUT2D eigenvalue weighted by molar-refractivity contribution is -0.0402. The van der Waals surface area contributed by atoms with Gasteiger partial charge in [-0.15, -0.1) is 11.3 Å². The summed E-state index contributed by atoms with van der Waals surface area (Å²) in [5.41, 5.74) is 1.97. The molecule has 0 saturated carbocycles. The molecule has 1 aliphatic rings. The van der Waals surface area contributed by atoms with E-state index >= 15 is 0 Å². The van der Waals surface area contributed by atoms with Gasteiger partial charge in [-0.25, -0.2) is 9.78 Å². The molecule has 1 aromatic carbocycles. The summed E-state index contributed by atoms with van der Waals surface area (Å²) in [6, 6.07) is 7.63. The lowest BCUT2D eigenvalue weighted by Gasteiger charge is -2.32. The second-order valence-electron chi connectivity index (χ2n) is 6.77. The highest BCUT2D eigenvalue weighted by Gasteiger charge is 2.25. The maximum Gasteiger partial charge on any atom is 0.315 e. The summed E-state index contributed by atoms with van der Waals surface area (Å²) >= 11 is 7.54. The first-order chi connectivity index (χ1) is 12.4. The van der Waals surface area contributed by atoms with Crippen LogP contribution in [0.3, 0.4) is 0 Å². The van der Waals surface area contributed by atoms with Crippen LogP contribution in [0.4, 0.5) is 4.79 Å². The van der Waals surface area contributed by atoms with Crippen LogP contribution in [0.5, 0.6) is 0 Å². The number of ether oxygens (including phenoxy) is 1. The summed E-state index contributed by atoms with van der Waals surface area (Å²) in [7, 11) is 0. The van der Waals surface area contributed by atoms with Gasteiger partial charge in [0.1, 0.15) is 5.01 Å². The summed E-state index contributed by atoms with van der Waals surface area (Å²) in [6.45, 7) is 6.53. The summed E-state index contributed by atoms with van der Waals surface area (Å²) in [6.07, 6.45) is 2.03. The molecule has 2 N–H and O–H groups in total. The fraction of sp³-hybridized carbons (Fsp3) is 0.474.